The van der Waals surface area contributed by atoms with Gasteiger partial charge in [-0.2, -0.15) is 0 Å². The molecule has 0 unspecified atom stereocenters. The van der Waals surface area contributed by atoms with Crippen LogP contribution in [0.4, 0.5) is 0 Å². The first-order valence-electron chi connectivity index (χ1n) is 5.39. The molecule has 1 saturated carbocycles. The van der Waals surface area contributed by atoms with Crippen molar-refractivity contribution in [2.75, 3.05) is 6.54 Å². The average molecular weight is 270 g/mol. The number of benzene rings is 1. The molecular weight excluding hydrogens is 254 g/mol. The second-order valence-electron chi connectivity index (χ2n) is 4.13. The van der Waals surface area contributed by atoms with Gasteiger partial charge in [0, 0.05) is 4.47 Å². The van der Waals surface area contributed by atoms with E-state index >= 15 is 0 Å². The summed E-state index contributed by atoms with van der Waals surface area (Å²) in [6, 6.07) is 8.01. The Bertz CT molecular complexity index is 319. The number of hydrogen-bond donors (Lipinski definition) is 1. The van der Waals surface area contributed by atoms with E-state index in [1.165, 1.54) is 6.42 Å². The van der Waals surface area contributed by atoms with Gasteiger partial charge < -0.3 is 10.5 Å². The summed E-state index contributed by atoms with van der Waals surface area (Å²) in [4.78, 5) is 0. The van der Waals surface area contributed by atoms with E-state index in [0.717, 1.165) is 29.5 Å². The molecule has 0 spiro atoms. The Kier molecular flexibility index (Phi) is 3.32. The number of rotatable bonds is 4. The summed E-state index contributed by atoms with van der Waals surface area (Å²) in [6.07, 6.45) is 4.50. The van der Waals surface area contributed by atoms with Gasteiger partial charge in [0.1, 0.15) is 11.4 Å². The molecule has 0 atom stereocenters. The van der Waals surface area contributed by atoms with Gasteiger partial charge in [0.2, 0.25) is 0 Å². The van der Waals surface area contributed by atoms with E-state index in [1.54, 1.807) is 0 Å². The Morgan fingerprint density at radius 1 is 1.27 bits per heavy atom. The van der Waals surface area contributed by atoms with Crippen molar-refractivity contribution in [3.63, 3.8) is 0 Å². The molecule has 15 heavy (non-hydrogen) atoms. The fraction of sp³-hybridized carbons (Fsp3) is 0.500. The van der Waals surface area contributed by atoms with Crippen molar-refractivity contribution >= 4 is 15.9 Å². The molecule has 2 N–H and O–H groups in total. The first kappa shape index (κ1) is 11.0. The lowest BCUT2D eigenvalue weighted by atomic mass is 9.77. The fourth-order valence-corrected chi connectivity index (χ4v) is 2.25. The van der Waals surface area contributed by atoms with E-state index in [0.29, 0.717) is 6.54 Å². The highest BCUT2D eigenvalue weighted by Crippen LogP contribution is 2.39. The van der Waals surface area contributed by atoms with Gasteiger partial charge in [0.25, 0.3) is 0 Å². The minimum Gasteiger partial charge on any atom is -0.487 e. The van der Waals surface area contributed by atoms with Crippen LogP contribution in [0.1, 0.15) is 25.7 Å². The molecule has 0 heterocycles. The maximum absolute atomic E-state index is 6.03. The van der Waals surface area contributed by atoms with Gasteiger partial charge in [0.15, 0.2) is 0 Å². The van der Waals surface area contributed by atoms with Gasteiger partial charge in [-0.1, -0.05) is 15.9 Å². The smallest absolute Gasteiger partial charge is 0.120 e. The summed E-state index contributed by atoms with van der Waals surface area (Å²) in [7, 11) is 0. The highest BCUT2D eigenvalue weighted by Gasteiger charge is 2.38. The lowest BCUT2D eigenvalue weighted by molar-refractivity contribution is -0.0125. The molecule has 0 bridgehead atoms. The third-order valence-corrected chi connectivity index (χ3v) is 3.54. The second kappa shape index (κ2) is 4.54. The lowest BCUT2D eigenvalue weighted by Crippen LogP contribution is -2.44. The van der Waals surface area contributed by atoms with Gasteiger partial charge in [-0.15, -0.1) is 0 Å². The molecule has 0 aromatic heterocycles. The third-order valence-electron chi connectivity index (χ3n) is 3.01. The van der Waals surface area contributed by atoms with Crippen molar-refractivity contribution in [2.24, 2.45) is 5.73 Å². The van der Waals surface area contributed by atoms with Gasteiger partial charge >= 0.3 is 0 Å². The van der Waals surface area contributed by atoms with Crippen molar-refractivity contribution in [3.05, 3.63) is 28.7 Å². The SMILES string of the molecule is NCCC1(Oc2ccc(Br)cc2)CCC1. The molecular formula is C12H16BrNO. The predicted octanol–water partition coefficient (Wildman–Crippen LogP) is 3.10. The van der Waals surface area contributed by atoms with Crippen LogP contribution < -0.4 is 10.5 Å². The summed E-state index contributed by atoms with van der Waals surface area (Å²) in [5.74, 6) is 0.950. The standard InChI is InChI=1S/C12H16BrNO/c13-10-2-4-11(5-3-10)15-12(8-9-14)6-1-7-12/h2-5H,1,6-9,14H2. The maximum Gasteiger partial charge on any atom is 0.120 e. The Labute approximate surface area is 98.9 Å². The van der Waals surface area contributed by atoms with E-state index in [4.69, 9.17) is 10.5 Å². The van der Waals surface area contributed by atoms with Crippen LogP contribution in [0.3, 0.4) is 0 Å². The molecule has 3 heteroatoms. The van der Waals surface area contributed by atoms with E-state index in [2.05, 4.69) is 15.9 Å². The van der Waals surface area contributed by atoms with Crippen LogP contribution >= 0.6 is 15.9 Å². The lowest BCUT2D eigenvalue weighted by Gasteiger charge is -2.41. The summed E-state index contributed by atoms with van der Waals surface area (Å²) < 4.78 is 7.11. The average Bonchev–Trinajstić information content (AvgIpc) is 2.18. The molecule has 0 radical (unpaired) electrons. The summed E-state index contributed by atoms with van der Waals surface area (Å²) in [5, 5.41) is 0. The Morgan fingerprint density at radius 3 is 2.40 bits per heavy atom. The molecule has 82 valence electrons. The molecule has 0 amide bonds. The highest BCUT2D eigenvalue weighted by molar-refractivity contribution is 9.10. The van der Waals surface area contributed by atoms with Gasteiger partial charge in [-0.25, -0.2) is 0 Å². The van der Waals surface area contributed by atoms with Crippen molar-refractivity contribution in [1.29, 1.82) is 0 Å². The molecule has 1 aromatic carbocycles. The maximum atomic E-state index is 6.03. The minimum atomic E-state index is 0.0303. The van der Waals surface area contributed by atoms with Crippen molar-refractivity contribution in [3.8, 4) is 5.75 Å². The Hall–Kier alpha value is -0.540. The molecule has 2 rings (SSSR count). The van der Waals surface area contributed by atoms with E-state index < -0.39 is 0 Å². The molecule has 1 fully saturated rings. The van der Waals surface area contributed by atoms with E-state index in [9.17, 15) is 0 Å². The van der Waals surface area contributed by atoms with Crippen LogP contribution in [0.2, 0.25) is 0 Å². The quantitative estimate of drug-likeness (QED) is 0.912. The predicted molar refractivity (Wildman–Crippen MR) is 65.0 cm³/mol. The van der Waals surface area contributed by atoms with Crippen LogP contribution in [0.25, 0.3) is 0 Å². The Morgan fingerprint density at radius 2 is 1.93 bits per heavy atom. The molecule has 1 aliphatic carbocycles. The van der Waals surface area contributed by atoms with E-state index in [1.807, 2.05) is 24.3 Å². The van der Waals surface area contributed by atoms with Crippen LogP contribution in [-0.4, -0.2) is 12.1 Å². The summed E-state index contributed by atoms with van der Waals surface area (Å²) in [5.41, 5.74) is 5.64. The van der Waals surface area contributed by atoms with Gasteiger partial charge in [-0.05, 0) is 56.5 Å². The second-order valence-corrected chi connectivity index (χ2v) is 5.05. The monoisotopic (exact) mass is 269 g/mol. The Balaban J connectivity index is 2.03. The molecule has 2 nitrogen and oxygen atoms in total. The van der Waals surface area contributed by atoms with Crippen LogP contribution in [0, 0.1) is 0 Å². The first-order valence-corrected chi connectivity index (χ1v) is 6.18. The van der Waals surface area contributed by atoms with Crippen molar-refractivity contribution in [1.82, 2.24) is 0 Å². The summed E-state index contributed by atoms with van der Waals surface area (Å²) >= 11 is 3.41. The minimum absolute atomic E-state index is 0.0303. The zero-order valence-corrected chi connectivity index (χ0v) is 10.3. The molecule has 0 saturated heterocycles. The first-order chi connectivity index (χ1) is 7.24. The van der Waals surface area contributed by atoms with Crippen molar-refractivity contribution < 1.29 is 4.74 Å². The number of nitrogens with two attached hydrogens (primary N) is 1. The topological polar surface area (TPSA) is 35.2 Å². The zero-order chi connectivity index (χ0) is 10.7. The molecule has 0 aliphatic heterocycles. The fourth-order valence-electron chi connectivity index (χ4n) is 1.99. The van der Waals surface area contributed by atoms with Gasteiger partial charge in [0.05, 0.1) is 0 Å². The normalized spacial score (nSPS) is 18.3. The zero-order valence-electron chi connectivity index (χ0n) is 8.71. The number of hydrogen-bond acceptors (Lipinski definition) is 2. The van der Waals surface area contributed by atoms with Crippen LogP contribution in [0.5, 0.6) is 5.75 Å². The third kappa shape index (κ3) is 2.52. The number of halogens is 1. The van der Waals surface area contributed by atoms with Gasteiger partial charge in [-0.3, -0.25) is 0 Å². The van der Waals surface area contributed by atoms with E-state index in [-0.39, 0.29) is 5.60 Å². The number of ether oxygens (including phenoxy) is 1. The molecule has 1 aromatic rings. The van der Waals surface area contributed by atoms with Crippen LogP contribution in [0.15, 0.2) is 28.7 Å². The molecule has 1 aliphatic rings. The van der Waals surface area contributed by atoms with Crippen LogP contribution in [-0.2, 0) is 0 Å². The van der Waals surface area contributed by atoms with Crippen molar-refractivity contribution in [2.45, 2.75) is 31.3 Å². The largest absolute Gasteiger partial charge is 0.487 e. The summed E-state index contributed by atoms with van der Waals surface area (Å²) in [6.45, 7) is 0.705. The highest BCUT2D eigenvalue weighted by atomic mass is 79.9.